The van der Waals surface area contributed by atoms with Crippen LogP contribution in [-0.4, -0.2) is 48.7 Å². The van der Waals surface area contributed by atoms with E-state index < -0.39 is 5.97 Å². The molecule has 0 radical (unpaired) electrons. The molecular formula is C16H19NO4. The lowest BCUT2D eigenvalue weighted by Crippen LogP contribution is -2.36. The summed E-state index contributed by atoms with van der Waals surface area (Å²) in [5.74, 6) is 4.67. The Hall–Kier alpha value is -2.32. The van der Waals surface area contributed by atoms with E-state index in [9.17, 15) is 9.59 Å². The van der Waals surface area contributed by atoms with E-state index in [1.165, 1.54) is 12.0 Å². The largest absolute Gasteiger partial charge is 0.468 e. The van der Waals surface area contributed by atoms with Crippen molar-refractivity contribution in [3.8, 4) is 11.8 Å². The molecule has 0 aromatic heterocycles. The lowest BCUT2D eigenvalue weighted by atomic mass is 10.0. The van der Waals surface area contributed by atoms with E-state index in [-0.39, 0.29) is 19.1 Å². The third-order valence-electron chi connectivity index (χ3n) is 3.08. The normalized spacial score (nSPS) is 9.52. The van der Waals surface area contributed by atoms with E-state index in [1.54, 1.807) is 32.0 Å². The van der Waals surface area contributed by atoms with Gasteiger partial charge >= 0.3 is 5.97 Å². The molecule has 1 aromatic rings. The number of carbonyl (C=O) groups excluding carboxylic acids is 2. The summed E-state index contributed by atoms with van der Waals surface area (Å²) >= 11 is 0. The number of aliphatic hydroxyl groups excluding tert-OH is 1. The molecule has 1 aromatic carbocycles. The van der Waals surface area contributed by atoms with Crippen LogP contribution in [0.25, 0.3) is 0 Å². The van der Waals surface area contributed by atoms with Crippen molar-refractivity contribution in [2.24, 2.45) is 0 Å². The summed E-state index contributed by atoms with van der Waals surface area (Å²) in [7, 11) is 1.29. The number of carbonyl (C=O) groups is 2. The minimum Gasteiger partial charge on any atom is -0.468 e. The lowest BCUT2D eigenvalue weighted by Gasteiger charge is -2.20. The molecule has 0 bridgehead atoms. The zero-order valence-electron chi connectivity index (χ0n) is 12.5. The summed E-state index contributed by atoms with van der Waals surface area (Å²) in [4.78, 5) is 25.3. The van der Waals surface area contributed by atoms with Gasteiger partial charge in [-0.2, -0.15) is 0 Å². The van der Waals surface area contributed by atoms with E-state index in [0.717, 1.165) is 5.56 Å². The predicted molar refractivity (Wildman–Crippen MR) is 78.7 cm³/mol. The second kappa shape index (κ2) is 8.08. The highest BCUT2D eigenvalue weighted by Gasteiger charge is 2.19. The number of hydrogen-bond donors (Lipinski definition) is 1. The van der Waals surface area contributed by atoms with Gasteiger partial charge in [-0.05, 0) is 31.5 Å². The average Bonchev–Trinajstić information content (AvgIpc) is 2.50. The van der Waals surface area contributed by atoms with Crippen LogP contribution >= 0.6 is 0 Å². The molecule has 112 valence electrons. The fourth-order valence-electron chi connectivity index (χ4n) is 1.86. The number of likely N-dealkylation sites (N-methyl/N-ethyl adjacent to an activating group) is 1. The second-order valence-corrected chi connectivity index (χ2v) is 4.33. The Morgan fingerprint density at radius 3 is 2.67 bits per heavy atom. The number of rotatable bonds is 4. The van der Waals surface area contributed by atoms with Crippen molar-refractivity contribution < 1.29 is 19.4 Å². The summed E-state index contributed by atoms with van der Waals surface area (Å²) in [6, 6.07) is 5.21. The highest BCUT2D eigenvalue weighted by Crippen LogP contribution is 2.15. The average molecular weight is 289 g/mol. The highest BCUT2D eigenvalue weighted by molar-refractivity contribution is 5.97. The predicted octanol–water partition coefficient (Wildman–Crippen LogP) is 0.974. The standard InChI is InChI=1S/C16H19NO4/c1-4-17(11-15(19)21-3)16(20)14-9-5-7-13(12(14)2)8-6-10-18/h5,7,9,18H,4,10-11H2,1-3H3. The van der Waals surface area contributed by atoms with Crippen molar-refractivity contribution in [3.63, 3.8) is 0 Å². The van der Waals surface area contributed by atoms with Crippen molar-refractivity contribution >= 4 is 11.9 Å². The van der Waals surface area contributed by atoms with Gasteiger partial charge < -0.3 is 14.7 Å². The van der Waals surface area contributed by atoms with Crippen LogP contribution in [-0.2, 0) is 9.53 Å². The van der Waals surface area contributed by atoms with Gasteiger partial charge in [0.05, 0.1) is 7.11 Å². The van der Waals surface area contributed by atoms with Crippen molar-refractivity contribution in [3.05, 3.63) is 34.9 Å². The first-order valence-corrected chi connectivity index (χ1v) is 6.60. The van der Waals surface area contributed by atoms with Crippen LogP contribution < -0.4 is 0 Å². The number of nitrogens with zero attached hydrogens (tertiary/aromatic N) is 1. The van der Waals surface area contributed by atoms with E-state index in [2.05, 4.69) is 16.6 Å². The van der Waals surface area contributed by atoms with Gasteiger partial charge in [-0.1, -0.05) is 17.9 Å². The van der Waals surface area contributed by atoms with Gasteiger partial charge in [-0.3, -0.25) is 9.59 Å². The molecule has 0 aliphatic rings. The van der Waals surface area contributed by atoms with Crippen LogP contribution in [0.2, 0.25) is 0 Å². The number of methoxy groups -OCH3 is 1. The van der Waals surface area contributed by atoms with Gasteiger partial charge in [0.15, 0.2) is 0 Å². The molecule has 0 heterocycles. The van der Waals surface area contributed by atoms with Gasteiger partial charge in [0.2, 0.25) is 0 Å². The fraction of sp³-hybridized carbons (Fsp3) is 0.375. The van der Waals surface area contributed by atoms with Gasteiger partial charge in [-0.15, -0.1) is 0 Å². The van der Waals surface area contributed by atoms with Gasteiger partial charge in [0, 0.05) is 17.7 Å². The number of benzene rings is 1. The molecule has 1 rings (SSSR count). The Morgan fingerprint density at radius 1 is 1.38 bits per heavy atom. The van der Waals surface area contributed by atoms with Crippen LogP contribution in [0.5, 0.6) is 0 Å². The summed E-state index contributed by atoms with van der Waals surface area (Å²) in [6.07, 6.45) is 0. The number of esters is 1. The fourth-order valence-corrected chi connectivity index (χ4v) is 1.86. The lowest BCUT2D eigenvalue weighted by molar-refractivity contribution is -0.141. The molecular weight excluding hydrogens is 270 g/mol. The molecule has 0 fully saturated rings. The molecule has 0 unspecified atom stereocenters. The molecule has 0 saturated heterocycles. The molecule has 0 aliphatic heterocycles. The first kappa shape index (κ1) is 16.7. The van der Waals surface area contributed by atoms with Gasteiger partial charge in [-0.25, -0.2) is 0 Å². The Balaban J connectivity index is 3.08. The maximum absolute atomic E-state index is 12.5. The molecule has 5 heteroatoms. The van der Waals surface area contributed by atoms with Crippen LogP contribution in [0.3, 0.4) is 0 Å². The summed E-state index contributed by atoms with van der Waals surface area (Å²) in [5.41, 5.74) is 1.90. The summed E-state index contributed by atoms with van der Waals surface area (Å²) in [5, 5.41) is 8.75. The quantitative estimate of drug-likeness (QED) is 0.662. The Bertz CT molecular complexity index is 584. The van der Waals surface area contributed by atoms with E-state index >= 15 is 0 Å². The zero-order valence-corrected chi connectivity index (χ0v) is 12.5. The zero-order chi connectivity index (χ0) is 15.8. The molecule has 21 heavy (non-hydrogen) atoms. The molecule has 0 aliphatic carbocycles. The SMILES string of the molecule is CCN(CC(=O)OC)C(=O)c1cccc(C#CCO)c1C. The third-order valence-corrected chi connectivity index (χ3v) is 3.08. The van der Waals surface area contributed by atoms with E-state index in [4.69, 9.17) is 5.11 Å². The summed E-state index contributed by atoms with van der Waals surface area (Å²) < 4.78 is 4.59. The third kappa shape index (κ3) is 4.33. The van der Waals surface area contributed by atoms with E-state index in [0.29, 0.717) is 17.7 Å². The van der Waals surface area contributed by atoms with Gasteiger partial charge in [0.25, 0.3) is 5.91 Å². The molecule has 5 nitrogen and oxygen atoms in total. The Morgan fingerprint density at radius 2 is 2.10 bits per heavy atom. The Kier molecular flexibility index (Phi) is 6.44. The van der Waals surface area contributed by atoms with Gasteiger partial charge in [0.1, 0.15) is 13.2 Å². The number of hydrogen-bond acceptors (Lipinski definition) is 4. The first-order valence-electron chi connectivity index (χ1n) is 6.60. The molecule has 1 amide bonds. The number of ether oxygens (including phenoxy) is 1. The molecule has 0 saturated carbocycles. The van der Waals surface area contributed by atoms with Crippen molar-refractivity contribution in [1.29, 1.82) is 0 Å². The van der Waals surface area contributed by atoms with Crippen LogP contribution in [0.4, 0.5) is 0 Å². The topological polar surface area (TPSA) is 66.8 Å². The van der Waals surface area contributed by atoms with Crippen LogP contribution in [0.15, 0.2) is 18.2 Å². The van der Waals surface area contributed by atoms with Crippen LogP contribution in [0.1, 0.15) is 28.4 Å². The van der Waals surface area contributed by atoms with Crippen molar-refractivity contribution in [2.75, 3.05) is 26.8 Å². The smallest absolute Gasteiger partial charge is 0.325 e. The van der Waals surface area contributed by atoms with Crippen molar-refractivity contribution in [2.45, 2.75) is 13.8 Å². The number of amides is 1. The number of aliphatic hydroxyl groups is 1. The minimum absolute atomic E-state index is 0.0855. The monoisotopic (exact) mass is 289 g/mol. The highest BCUT2D eigenvalue weighted by atomic mass is 16.5. The van der Waals surface area contributed by atoms with Crippen molar-refractivity contribution in [1.82, 2.24) is 4.90 Å². The summed E-state index contributed by atoms with van der Waals surface area (Å²) in [6.45, 7) is 3.67. The van der Waals surface area contributed by atoms with E-state index in [1.807, 2.05) is 0 Å². The maximum atomic E-state index is 12.5. The second-order valence-electron chi connectivity index (χ2n) is 4.33. The Labute approximate surface area is 124 Å². The molecule has 1 N–H and O–H groups in total. The van der Waals surface area contributed by atoms with Crippen LogP contribution in [0, 0.1) is 18.8 Å². The molecule has 0 spiro atoms. The minimum atomic E-state index is -0.459. The molecule has 0 atom stereocenters. The first-order chi connectivity index (χ1) is 10.0. The maximum Gasteiger partial charge on any atom is 0.325 e.